The Kier molecular flexibility index (Phi) is 20.5. The molecule has 0 atom stereocenters. The number of benzene rings is 23. The van der Waals surface area contributed by atoms with Crippen molar-refractivity contribution in [2.75, 3.05) is 0 Å². The number of rotatable bonds is 12. The second-order valence-electron chi connectivity index (χ2n) is 40.9. The van der Waals surface area contributed by atoms with Gasteiger partial charge in [0, 0.05) is 33.8 Å². The lowest BCUT2D eigenvalue weighted by atomic mass is 9.74. The standard InChI is InChI=1S/2C48H34N2.C44H34N2/c1-48(2)40-23-14-24-42-46(40)50(47(49-42)33-19-10-5-11-20-33)43-28-26-35(30-41(43)48)34-25-27-38-39(29-34)45(32-17-8-4-9-18-32)37-22-13-12-21-36(37)44(38)31-15-6-3-7-16-31;1-48(2)40-20-11-12-23-43(40)50-46-41(48)21-13-22-42(46)49-47(50)34-26-24-31(25-27-34)35-28-29-38-39(30-35)45(33-16-7-4-8-17-33)37-19-10-9-18-36(37)44(38)32-14-5-3-6-15-32;1-4-40-45-38-27-31(26-37-43(38)46(40)39-22-14-13-21-36(39)44(37,2)3)30-23-24-34-35(25-30)42(29-17-9-6-10-18-29)33-20-12-11-19-32(33)41(34)28-15-7-5-8-16-28/h2*3-30H,1-2H3;5-27H,4H2,1-3H3. The summed E-state index contributed by atoms with van der Waals surface area (Å²) in [7, 11) is 0. The second kappa shape index (κ2) is 34.4. The lowest BCUT2D eigenvalue weighted by Gasteiger charge is -2.35. The molecule has 3 aromatic heterocycles. The van der Waals surface area contributed by atoms with Crippen LogP contribution in [0.5, 0.6) is 0 Å². The molecule has 26 aromatic rings. The highest BCUT2D eigenvalue weighted by Gasteiger charge is 2.40. The van der Waals surface area contributed by atoms with Crippen molar-refractivity contribution in [1.82, 2.24) is 28.7 Å². The van der Waals surface area contributed by atoms with E-state index in [1.807, 2.05) is 0 Å². The smallest absolute Gasteiger partial charge is 0.145 e. The molecule has 23 aromatic carbocycles. The molecule has 29 rings (SSSR count). The van der Waals surface area contributed by atoms with Crippen LogP contribution in [0.3, 0.4) is 0 Å². The zero-order valence-corrected chi connectivity index (χ0v) is 82.5. The van der Waals surface area contributed by atoms with Gasteiger partial charge in [-0.25, -0.2) is 15.0 Å². The third kappa shape index (κ3) is 13.9. The third-order valence-electron chi connectivity index (χ3n) is 31.7. The van der Waals surface area contributed by atoms with Gasteiger partial charge in [-0.3, -0.25) is 13.7 Å². The van der Waals surface area contributed by atoms with Crippen LogP contribution in [0.1, 0.15) is 87.7 Å². The van der Waals surface area contributed by atoms with Crippen LogP contribution in [0.4, 0.5) is 0 Å². The quantitative estimate of drug-likeness (QED) is 0.115. The second-order valence-corrected chi connectivity index (χ2v) is 40.9. The van der Waals surface area contributed by atoms with Gasteiger partial charge in [-0.1, -0.05) is 461 Å². The molecule has 3 aliphatic heterocycles. The number of nitrogens with zero attached hydrogens (tertiary/aromatic N) is 6. The highest BCUT2D eigenvalue weighted by Crippen LogP contribution is 2.55. The van der Waals surface area contributed by atoms with Crippen molar-refractivity contribution in [3.8, 4) is 140 Å². The van der Waals surface area contributed by atoms with E-state index in [1.54, 1.807) is 0 Å². The van der Waals surface area contributed by atoms with Gasteiger partial charge in [-0.15, -0.1) is 0 Å². The minimum atomic E-state index is -0.211. The Labute approximate surface area is 849 Å². The van der Waals surface area contributed by atoms with E-state index in [-0.39, 0.29) is 16.2 Å². The first-order chi connectivity index (χ1) is 71.7. The van der Waals surface area contributed by atoms with Crippen molar-refractivity contribution in [3.63, 3.8) is 0 Å². The highest BCUT2D eigenvalue weighted by molar-refractivity contribution is 6.25. The van der Waals surface area contributed by atoms with Crippen LogP contribution in [0, 0.1) is 0 Å². The maximum absolute atomic E-state index is 5.24. The van der Waals surface area contributed by atoms with Gasteiger partial charge in [-0.2, -0.15) is 0 Å². The number of hydrogen-bond donors (Lipinski definition) is 0. The Balaban J connectivity index is 0.000000109. The molecule has 6 heteroatoms. The van der Waals surface area contributed by atoms with Crippen LogP contribution < -0.4 is 0 Å². The first-order valence-electron chi connectivity index (χ1n) is 51.1. The van der Waals surface area contributed by atoms with Crippen LogP contribution in [0.25, 0.3) is 238 Å². The highest BCUT2D eigenvalue weighted by atomic mass is 15.1. The first-order valence-corrected chi connectivity index (χ1v) is 51.1. The molecule has 0 radical (unpaired) electrons. The van der Waals surface area contributed by atoms with E-state index in [4.69, 9.17) is 15.0 Å². The van der Waals surface area contributed by atoms with Crippen molar-refractivity contribution in [3.05, 3.63) is 518 Å². The van der Waals surface area contributed by atoms with E-state index in [2.05, 4.69) is 541 Å². The zero-order valence-electron chi connectivity index (χ0n) is 82.5. The van der Waals surface area contributed by atoms with Gasteiger partial charge >= 0.3 is 0 Å². The monoisotopic (exact) mass is 1870 g/mol. The molecule has 692 valence electrons. The molecule has 0 unspecified atom stereocenters. The number of para-hydroxylation sites is 4. The summed E-state index contributed by atoms with van der Waals surface area (Å²) in [5.41, 5.74) is 42.4. The predicted molar refractivity (Wildman–Crippen MR) is 614 cm³/mol. The summed E-state index contributed by atoms with van der Waals surface area (Å²) in [6.07, 6.45) is 0.879. The number of fused-ring (bicyclic) bond motifs is 12. The predicted octanol–water partition coefficient (Wildman–Crippen LogP) is 36.8. The van der Waals surface area contributed by atoms with E-state index < -0.39 is 0 Å². The molecule has 0 saturated carbocycles. The minimum absolute atomic E-state index is 0.104. The summed E-state index contributed by atoms with van der Waals surface area (Å²) < 4.78 is 7.16. The van der Waals surface area contributed by atoms with Crippen LogP contribution >= 0.6 is 0 Å². The summed E-state index contributed by atoms with van der Waals surface area (Å²) in [5.74, 6) is 3.07. The third-order valence-corrected chi connectivity index (χ3v) is 31.7. The maximum Gasteiger partial charge on any atom is 0.145 e. The molecule has 6 nitrogen and oxygen atoms in total. The summed E-state index contributed by atoms with van der Waals surface area (Å²) in [5, 5.41) is 15.2. The normalized spacial score (nSPS) is 13.2. The molecule has 0 amide bonds. The Morgan fingerprint density at radius 3 is 0.822 bits per heavy atom. The van der Waals surface area contributed by atoms with E-state index >= 15 is 0 Å². The van der Waals surface area contributed by atoms with Crippen LogP contribution in [-0.2, 0) is 22.7 Å². The Bertz CT molecular complexity index is 9750. The van der Waals surface area contributed by atoms with Crippen molar-refractivity contribution in [1.29, 1.82) is 0 Å². The summed E-state index contributed by atoms with van der Waals surface area (Å²) >= 11 is 0. The first kappa shape index (κ1) is 87.1. The molecule has 0 N–H and O–H groups in total. The van der Waals surface area contributed by atoms with Crippen molar-refractivity contribution >= 4 is 97.7 Å². The molecule has 0 aliphatic carbocycles. The van der Waals surface area contributed by atoms with Gasteiger partial charge < -0.3 is 0 Å². The molecule has 6 heterocycles. The zero-order chi connectivity index (χ0) is 97.8. The van der Waals surface area contributed by atoms with Gasteiger partial charge in [0.15, 0.2) is 0 Å². The molecule has 0 bridgehead atoms. The number of aryl methyl sites for hydroxylation is 1. The van der Waals surface area contributed by atoms with Crippen LogP contribution in [-0.4, -0.2) is 28.7 Å². The molecular weight excluding hydrogens is 1770 g/mol. The molecule has 3 aliphatic rings. The van der Waals surface area contributed by atoms with Gasteiger partial charge in [0.05, 0.1) is 50.2 Å². The van der Waals surface area contributed by atoms with Crippen molar-refractivity contribution < 1.29 is 0 Å². The largest absolute Gasteiger partial charge is 0.296 e. The molecular formula is C140H102N6. The number of imidazole rings is 3. The minimum Gasteiger partial charge on any atom is -0.296 e. The van der Waals surface area contributed by atoms with Gasteiger partial charge in [-0.05, 0) is 265 Å². The average Bonchev–Trinajstić information content (AvgIpc) is 1.50. The Morgan fingerprint density at radius 2 is 0.432 bits per heavy atom. The van der Waals surface area contributed by atoms with Crippen LogP contribution in [0.2, 0.25) is 0 Å². The van der Waals surface area contributed by atoms with Gasteiger partial charge in [0.2, 0.25) is 0 Å². The van der Waals surface area contributed by atoms with Crippen molar-refractivity contribution in [2.24, 2.45) is 0 Å². The van der Waals surface area contributed by atoms with Gasteiger partial charge in [0.1, 0.15) is 17.5 Å². The van der Waals surface area contributed by atoms with E-state index in [1.165, 1.54) is 232 Å². The van der Waals surface area contributed by atoms with E-state index in [9.17, 15) is 0 Å². The number of aromatic nitrogens is 6. The van der Waals surface area contributed by atoms with Crippen LogP contribution in [0.15, 0.2) is 479 Å². The fourth-order valence-corrected chi connectivity index (χ4v) is 24.7. The molecule has 0 saturated heterocycles. The van der Waals surface area contributed by atoms with Crippen molar-refractivity contribution in [2.45, 2.75) is 71.1 Å². The lowest BCUT2D eigenvalue weighted by Crippen LogP contribution is -2.26. The molecule has 146 heavy (non-hydrogen) atoms. The summed E-state index contributed by atoms with van der Waals surface area (Å²) in [6, 6.07) is 175. The fraction of sp³-hybridized carbons (Fsp3) is 0.0786. The fourth-order valence-electron chi connectivity index (χ4n) is 24.7. The summed E-state index contributed by atoms with van der Waals surface area (Å²) in [6.45, 7) is 16.3. The maximum atomic E-state index is 5.24. The number of hydrogen-bond acceptors (Lipinski definition) is 3. The Morgan fingerprint density at radius 1 is 0.171 bits per heavy atom. The van der Waals surface area contributed by atoms with E-state index in [0.29, 0.717) is 0 Å². The molecule has 0 fully saturated rings. The SMILES string of the molecule is CC1(C)c2cc(-c3ccc4c(-c5ccccc5)c5ccccc5c(-c5ccccc5)c4c3)ccc2-n2c(-c3ccccc3)nc3cccc1c32.CC1(C)c2ccccc2-n2c(-c3ccc(-c4ccc5c(-c6ccccc6)c6ccccc6c(-c6ccccc6)c5c4)cc3)nc3cccc1c32.CCc1nc2cc(-c3ccc4c(-c5ccccc5)c5ccccc5c(-c5ccccc5)c4c3)cc3c2n1-c1ccccc1C3(C)C. The van der Waals surface area contributed by atoms with Gasteiger partial charge in [0.25, 0.3) is 0 Å². The summed E-state index contributed by atoms with van der Waals surface area (Å²) in [4.78, 5) is 15.7. The average molecular weight is 1870 g/mol. The van der Waals surface area contributed by atoms with E-state index in [0.717, 1.165) is 51.6 Å². The molecule has 0 spiro atoms. The Hall–Kier alpha value is -18.0. The lowest BCUT2D eigenvalue weighted by molar-refractivity contribution is 0.625. The topological polar surface area (TPSA) is 53.5 Å².